The third kappa shape index (κ3) is 5.31. The highest BCUT2D eigenvalue weighted by Crippen LogP contribution is 2.21. The van der Waals surface area contributed by atoms with Gasteiger partial charge >= 0.3 is 0 Å². The van der Waals surface area contributed by atoms with E-state index in [0.717, 1.165) is 15.8 Å². The Kier molecular flexibility index (Phi) is 6.04. The number of fused-ring (bicyclic) bond motifs is 1. The zero-order valence-corrected chi connectivity index (χ0v) is 14.9. The standard InChI is InChI=1S/C20H21N3OS/c1-15(13-22-20(24)11-16-5-3-2-4-6-16)23-25-19-8-7-18-14-21-10-9-17(18)12-19/h2-10,12,14-15,23H,11,13H2,1H3,(H,22,24)/t15-/m1/s1. The molecule has 128 valence electrons. The number of aromatic nitrogens is 1. The predicted molar refractivity (Wildman–Crippen MR) is 103 cm³/mol. The van der Waals surface area contributed by atoms with Gasteiger partial charge in [-0.05, 0) is 48.0 Å². The normalized spacial score (nSPS) is 12.0. The summed E-state index contributed by atoms with van der Waals surface area (Å²) in [5.74, 6) is 0.0445. The van der Waals surface area contributed by atoms with E-state index in [1.54, 1.807) is 18.1 Å². The molecule has 3 rings (SSSR count). The lowest BCUT2D eigenvalue weighted by Crippen LogP contribution is -2.36. The molecule has 1 aromatic heterocycles. The van der Waals surface area contributed by atoms with E-state index in [-0.39, 0.29) is 11.9 Å². The van der Waals surface area contributed by atoms with Gasteiger partial charge in [0.05, 0.1) is 6.42 Å². The highest BCUT2D eigenvalue weighted by Gasteiger charge is 2.07. The fourth-order valence-electron chi connectivity index (χ4n) is 2.45. The first-order valence-corrected chi connectivity index (χ1v) is 9.09. The van der Waals surface area contributed by atoms with Gasteiger partial charge in [0.1, 0.15) is 0 Å². The lowest BCUT2D eigenvalue weighted by molar-refractivity contribution is -0.120. The van der Waals surface area contributed by atoms with E-state index in [2.05, 4.69) is 40.1 Å². The number of amides is 1. The van der Waals surface area contributed by atoms with Crippen LogP contribution >= 0.6 is 11.9 Å². The van der Waals surface area contributed by atoms with Crippen LogP contribution in [0.1, 0.15) is 12.5 Å². The Labute approximate surface area is 152 Å². The molecular formula is C20H21N3OS. The quantitative estimate of drug-likeness (QED) is 0.639. The third-order valence-electron chi connectivity index (χ3n) is 3.80. The first-order valence-electron chi connectivity index (χ1n) is 8.27. The zero-order valence-electron chi connectivity index (χ0n) is 14.1. The van der Waals surface area contributed by atoms with Crippen LogP contribution < -0.4 is 10.0 Å². The second-order valence-corrected chi connectivity index (χ2v) is 6.88. The third-order valence-corrected chi connectivity index (χ3v) is 4.81. The van der Waals surface area contributed by atoms with Crippen molar-refractivity contribution < 1.29 is 4.79 Å². The minimum Gasteiger partial charge on any atom is -0.354 e. The van der Waals surface area contributed by atoms with E-state index >= 15 is 0 Å². The number of carbonyl (C=O) groups excluding carboxylic acids is 1. The molecule has 0 unspecified atom stereocenters. The van der Waals surface area contributed by atoms with Gasteiger partial charge in [-0.3, -0.25) is 14.5 Å². The summed E-state index contributed by atoms with van der Waals surface area (Å²) in [6.45, 7) is 2.65. The maximum Gasteiger partial charge on any atom is 0.224 e. The van der Waals surface area contributed by atoms with Gasteiger partial charge in [0.15, 0.2) is 0 Å². The second kappa shape index (κ2) is 8.65. The molecule has 1 amide bonds. The number of pyridine rings is 1. The Morgan fingerprint density at radius 2 is 1.96 bits per heavy atom. The molecule has 0 saturated carbocycles. The number of hydrogen-bond acceptors (Lipinski definition) is 4. The minimum atomic E-state index is 0.0445. The van der Waals surface area contributed by atoms with E-state index < -0.39 is 0 Å². The lowest BCUT2D eigenvalue weighted by Gasteiger charge is -2.14. The number of nitrogens with one attached hydrogen (secondary N) is 2. The Morgan fingerprint density at radius 1 is 1.12 bits per heavy atom. The van der Waals surface area contributed by atoms with E-state index in [1.807, 2.05) is 42.6 Å². The zero-order chi connectivity index (χ0) is 17.5. The molecule has 0 aliphatic heterocycles. The average Bonchev–Trinajstić information content (AvgIpc) is 2.65. The first kappa shape index (κ1) is 17.5. The van der Waals surface area contributed by atoms with Crippen LogP contribution in [0.2, 0.25) is 0 Å². The van der Waals surface area contributed by atoms with Crippen LogP contribution in [0.25, 0.3) is 10.8 Å². The minimum absolute atomic E-state index is 0.0445. The molecule has 0 aliphatic carbocycles. The highest BCUT2D eigenvalue weighted by atomic mass is 32.2. The summed E-state index contributed by atoms with van der Waals surface area (Å²) in [5, 5.41) is 5.28. The molecule has 1 heterocycles. The molecular weight excluding hydrogens is 330 g/mol. The maximum absolute atomic E-state index is 12.0. The number of rotatable bonds is 7. The van der Waals surface area contributed by atoms with Crippen molar-refractivity contribution in [1.82, 2.24) is 15.0 Å². The van der Waals surface area contributed by atoms with Crippen LogP contribution in [0, 0.1) is 0 Å². The van der Waals surface area contributed by atoms with Crippen LogP contribution in [-0.4, -0.2) is 23.5 Å². The van der Waals surface area contributed by atoms with Gasteiger partial charge in [-0.2, -0.15) is 0 Å². The molecule has 0 radical (unpaired) electrons. The molecule has 4 nitrogen and oxygen atoms in total. The van der Waals surface area contributed by atoms with Gasteiger partial charge in [0, 0.05) is 35.3 Å². The lowest BCUT2D eigenvalue weighted by atomic mass is 10.1. The molecule has 0 spiro atoms. The van der Waals surface area contributed by atoms with Crippen LogP contribution in [0.4, 0.5) is 0 Å². The second-order valence-electron chi connectivity index (χ2n) is 5.97. The monoisotopic (exact) mass is 351 g/mol. The molecule has 0 aliphatic rings. The molecule has 1 atom stereocenters. The van der Waals surface area contributed by atoms with Crippen LogP contribution in [0.5, 0.6) is 0 Å². The van der Waals surface area contributed by atoms with Gasteiger partial charge in [-0.25, -0.2) is 0 Å². The van der Waals surface area contributed by atoms with Crippen molar-refractivity contribution in [3.63, 3.8) is 0 Å². The van der Waals surface area contributed by atoms with Gasteiger partial charge < -0.3 is 5.32 Å². The Balaban J connectivity index is 1.44. The SMILES string of the molecule is C[C@H](CNC(=O)Cc1ccccc1)NSc1ccc2cnccc2c1. The van der Waals surface area contributed by atoms with E-state index in [4.69, 9.17) is 0 Å². The van der Waals surface area contributed by atoms with Crippen LogP contribution in [-0.2, 0) is 11.2 Å². The van der Waals surface area contributed by atoms with Crippen LogP contribution in [0.15, 0.2) is 71.9 Å². The van der Waals surface area contributed by atoms with Crippen molar-refractivity contribution in [2.24, 2.45) is 0 Å². The van der Waals surface area contributed by atoms with Crippen molar-refractivity contribution in [3.8, 4) is 0 Å². The molecule has 2 N–H and O–H groups in total. The van der Waals surface area contributed by atoms with Crippen LogP contribution in [0.3, 0.4) is 0 Å². The van der Waals surface area contributed by atoms with E-state index in [9.17, 15) is 4.79 Å². The van der Waals surface area contributed by atoms with Gasteiger partial charge in [-0.1, -0.05) is 36.4 Å². The molecule has 3 aromatic rings. The number of carbonyl (C=O) groups is 1. The summed E-state index contributed by atoms with van der Waals surface area (Å²) in [6.07, 6.45) is 4.08. The molecule has 0 saturated heterocycles. The van der Waals surface area contributed by atoms with Crippen molar-refractivity contribution in [3.05, 3.63) is 72.6 Å². The van der Waals surface area contributed by atoms with Gasteiger partial charge in [0.2, 0.25) is 5.91 Å². The largest absolute Gasteiger partial charge is 0.354 e. The molecule has 5 heteroatoms. The molecule has 0 fully saturated rings. The topological polar surface area (TPSA) is 54.0 Å². The Hall–Kier alpha value is -2.37. The van der Waals surface area contributed by atoms with Crippen molar-refractivity contribution in [2.45, 2.75) is 24.3 Å². The summed E-state index contributed by atoms with van der Waals surface area (Å²) in [4.78, 5) is 17.3. The smallest absolute Gasteiger partial charge is 0.224 e. The summed E-state index contributed by atoms with van der Waals surface area (Å²) in [5.41, 5.74) is 1.03. The van der Waals surface area contributed by atoms with Crippen molar-refractivity contribution >= 4 is 28.6 Å². The summed E-state index contributed by atoms with van der Waals surface area (Å²) >= 11 is 1.58. The fourth-order valence-corrected chi connectivity index (χ4v) is 3.19. The molecule has 25 heavy (non-hydrogen) atoms. The summed E-state index contributed by atoms with van der Waals surface area (Å²) in [6, 6.07) is 18.2. The maximum atomic E-state index is 12.0. The highest BCUT2D eigenvalue weighted by molar-refractivity contribution is 7.97. The number of hydrogen-bond donors (Lipinski definition) is 2. The number of benzene rings is 2. The summed E-state index contributed by atoms with van der Waals surface area (Å²) < 4.78 is 3.37. The Bertz CT molecular complexity index is 838. The van der Waals surface area contributed by atoms with Gasteiger partial charge in [0.25, 0.3) is 0 Å². The average molecular weight is 351 g/mol. The number of nitrogens with zero attached hydrogens (tertiary/aromatic N) is 1. The van der Waals surface area contributed by atoms with Crippen molar-refractivity contribution in [2.75, 3.05) is 6.54 Å². The predicted octanol–water partition coefficient (Wildman–Crippen LogP) is 3.58. The Morgan fingerprint density at radius 3 is 2.80 bits per heavy atom. The van der Waals surface area contributed by atoms with Gasteiger partial charge in [-0.15, -0.1) is 0 Å². The van der Waals surface area contributed by atoms with E-state index in [1.165, 1.54) is 5.39 Å². The fraction of sp³-hybridized carbons (Fsp3) is 0.200. The molecule has 2 aromatic carbocycles. The first-order chi connectivity index (χ1) is 12.2. The van der Waals surface area contributed by atoms with Crippen molar-refractivity contribution in [1.29, 1.82) is 0 Å². The van der Waals surface area contributed by atoms with E-state index in [0.29, 0.717) is 13.0 Å². The molecule has 0 bridgehead atoms. The summed E-state index contributed by atoms with van der Waals surface area (Å²) in [7, 11) is 0.